The molecule has 9 nitrogen and oxygen atoms in total. The summed E-state index contributed by atoms with van der Waals surface area (Å²) in [6.45, 7) is 2.91. The molecule has 0 amide bonds. The predicted molar refractivity (Wildman–Crippen MR) is 134 cm³/mol. The van der Waals surface area contributed by atoms with Crippen LogP contribution in [0.2, 0.25) is 5.02 Å². The Labute approximate surface area is 205 Å². The second kappa shape index (κ2) is 8.51. The number of rotatable bonds is 4. The quantitative estimate of drug-likeness (QED) is 0.340. The summed E-state index contributed by atoms with van der Waals surface area (Å²) in [7, 11) is -3.32. The van der Waals surface area contributed by atoms with Crippen molar-refractivity contribution in [3.63, 3.8) is 0 Å². The molecule has 0 saturated heterocycles. The Morgan fingerprint density at radius 1 is 1.20 bits per heavy atom. The van der Waals surface area contributed by atoms with Crippen LogP contribution < -0.4 is 21.1 Å². The lowest BCUT2D eigenvalue weighted by molar-refractivity contribution is 0.310. The monoisotopic (exact) mass is 514 g/mol. The van der Waals surface area contributed by atoms with Gasteiger partial charge in [-0.3, -0.25) is 0 Å². The van der Waals surface area contributed by atoms with E-state index in [4.69, 9.17) is 22.1 Å². The standard InChI is InChI=1S/C23H20ClFN6O3S/c1-11-14(9-28-22-20(11)27-7-8-34-22)16-17(24)21-15(19(26)18(16)25)10-29-23(31-21)30-12-3-5-13(6-4-12)35(2,32)33/h3-6,9-10,27H,7-8,26H2,1-2H3,(H,29,30,31). The van der Waals surface area contributed by atoms with Gasteiger partial charge >= 0.3 is 0 Å². The number of nitrogens with two attached hydrogens (primary N) is 1. The van der Waals surface area contributed by atoms with Crippen LogP contribution in [0.25, 0.3) is 22.0 Å². The third-order valence-corrected chi connectivity index (χ3v) is 7.21. The van der Waals surface area contributed by atoms with E-state index >= 15 is 4.39 Å². The highest BCUT2D eigenvalue weighted by molar-refractivity contribution is 7.90. The fourth-order valence-corrected chi connectivity index (χ4v) is 4.86. The van der Waals surface area contributed by atoms with E-state index in [9.17, 15) is 8.42 Å². The fourth-order valence-electron chi connectivity index (χ4n) is 3.90. The number of hydrogen-bond acceptors (Lipinski definition) is 9. The molecule has 4 N–H and O–H groups in total. The van der Waals surface area contributed by atoms with Crippen molar-refractivity contribution in [1.29, 1.82) is 0 Å². The molecular weight excluding hydrogens is 495 g/mol. The Morgan fingerprint density at radius 3 is 2.66 bits per heavy atom. The molecule has 3 heterocycles. The number of nitrogens with one attached hydrogen (secondary N) is 2. The normalized spacial score (nSPS) is 13.1. The van der Waals surface area contributed by atoms with E-state index in [1.165, 1.54) is 24.5 Å². The minimum Gasteiger partial charge on any atom is -0.474 e. The number of fused-ring (bicyclic) bond motifs is 2. The van der Waals surface area contributed by atoms with Crippen LogP contribution in [-0.2, 0) is 9.84 Å². The molecule has 0 fully saturated rings. The van der Waals surface area contributed by atoms with E-state index in [2.05, 4.69) is 25.6 Å². The Balaban J connectivity index is 1.60. The van der Waals surface area contributed by atoms with Gasteiger partial charge in [0.05, 0.1) is 21.1 Å². The molecule has 0 atom stereocenters. The lowest BCUT2D eigenvalue weighted by atomic mass is 9.98. The minimum atomic E-state index is -3.32. The molecule has 0 bridgehead atoms. The summed E-state index contributed by atoms with van der Waals surface area (Å²) in [5.41, 5.74) is 8.73. The maximum atomic E-state index is 15.5. The lowest BCUT2D eigenvalue weighted by Gasteiger charge is -2.22. The number of nitrogens with zero attached hydrogens (tertiary/aromatic N) is 3. The zero-order valence-corrected chi connectivity index (χ0v) is 20.3. The SMILES string of the molecule is Cc1c(-c2c(F)c(N)c3cnc(Nc4ccc(S(C)(=O)=O)cc4)nc3c2Cl)cnc2c1NCCO2. The third-order valence-electron chi connectivity index (χ3n) is 5.72. The summed E-state index contributed by atoms with van der Waals surface area (Å²) in [6.07, 6.45) is 4.02. The van der Waals surface area contributed by atoms with Crippen molar-refractivity contribution in [2.45, 2.75) is 11.8 Å². The molecule has 0 unspecified atom stereocenters. The molecule has 0 saturated carbocycles. The van der Waals surface area contributed by atoms with Gasteiger partial charge in [-0.1, -0.05) is 11.6 Å². The van der Waals surface area contributed by atoms with Crippen LogP contribution in [-0.4, -0.2) is 42.8 Å². The smallest absolute Gasteiger partial charge is 0.237 e. The van der Waals surface area contributed by atoms with Crippen LogP contribution in [0.15, 0.2) is 41.6 Å². The molecule has 180 valence electrons. The van der Waals surface area contributed by atoms with Crippen molar-refractivity contribution in [2.75, 3.05) is 35.8 Å². The first-order chi connectivity index (χ1) is 16.6. The van der Waals surface area contributed by atoms with Crippen LogP contribution in [0.1, 0.15) is 5.56 Å². The molecule has 0 radical (unpaired) electrons. The van der Waals surface area contributed by atoms with E-state index in [0.29, 0.717) is 41.5 Å². The Hall–Kier alpha value is -3.70. The van der Waals surface area contributed by atoms with E-state index in [-0.39, 0.29) is 38.0 Å². The van der Waals surface area contributed by atoms with Crippen LogP contribution >= 0.6 is 11.6 Å². The summed E-state index contributed by atoms with van der Waals surface area (Å²) in [5.74, 6) is -0.0675. The van der Waals surface area contributed by atoms with Crippen molar-refractivity contribution in [1.82, 2.24) is 15.0 Å². The van der Waals surface area contributed by atoms with Gasteiger partial charge in [0.25, 0.3) is 0 Å². The van der Waals surface area contributed by atoms with Crippen LogP contribution in [0.3, 0.4) is 0 Å². The van der Waals surface area contributed by atoms with Gasteiger partial charge in [-0.05, 0) is 36.8 Å². The first-order valence-corrected chi connectivity index (χ1v) is 12.8. The number of nitrogen functional groups attached to an aromatic ring is 1. The van der Waals surface area contributed by atoms with Gasteiger partial charge in [-0.25, -0.2) is 27.8 Å². The fraction of sp³-hybridized carbons (Fsp3) is 0.174. The number of halogens is 2. The summed E-state index contributed by atoms with van der Waals surface area (Å²) in [4.78, 5) is 13.2. The van der Waals surface area contributed by atoms with E-state index < -0.39 is 15.7 Å². The number of pyridine rings is 1. The number of aromatic nitrogens is 3. The van der Waals surface area contributed by atoms with Crippen LogP contribution in [0.4, 0.5) is 27.4 Å². The minimum absolute atomic E-state index is 0.0613. The predicted octanol–water partition coefficient (Wildman–Crippen LogP) is 4.33. The molecule has 0 spiro atoms. The Kier molecular flexibility index (Phi) is 5.60. The van der Waals surface area contributed by atoms with Crippen molar-refractivity contribution in [2.24, 2.45) is 0 Å². The first-order valence-electron chi connectivity index (χ1n) is 10.5. The molecule has 2 aromatic carbocycles. The highest BCUT2D eigenvalue weighted by atomic mass is 35.5. The van der Waals surface area contributed by atoms with Gasteiger partial charge < -0.3 is 21.1 Å². The zero-order chi connectivity index (χ0) is 24.9. The van der Waals surface area contributed by atoms with Crippen molar-refractivity contribution < 1.29 is 17.5 Å². The summed E-state index contributed by atoms with van der Waals surface area (Å²) in [6, 6.07) is 6.13. The molecule has 5 rings (SSSR count). The molecule has 2 aromatic heterocycles. The van der Waals surface area contributed by atoms with Gasteiger partial charge in [0.15, 0.2) is 15.7 Å². The largest absolute Gasteiger partial charge is 0.474 e. The van der Waals surface area contributed by atoms with Crippen LogP contribution in [0, 0.1) is 12.7 Å². The van der Waals surface area contributed by atoms with Gasteiger partial charge in [-0.15, -0.1) is 0 Å². The van der Waals surface area contributed by atoms with E-state index in [1.54, 1.807) is 12.1 Å². The number of benzene rings is 2. The van der Waals surface area contributed by atoms with Crippen LogP contribution in [0.5, 0.6) is 5.88 Å². The average Bonchev–Trinajstić information content (AvgIpc) is 2.84. The number of anilines is 4. The lowest BCUT2D eigenvalue weighted by Crippen LogP contribution is -2.20. The molecule has 12 heteroatoms. The topological polar surface area (TPSA) is 132 Å². The van der Waals surface area contributed by atoms with E-state index in [0.717, 1.165) is 6.26 Å². The van der Waals surface area contributed by atoms with Gasteiger partial charge in [-0.2, -0.15) is 0 Å². The Morgan fingerprint density at radius 2 is 1.94 bits per heavy atom. The number of sulfone groups is 1. The third kappa shape index (κ3) is 4.06. The highest BCUT2D eigenvalue weighted by Crippen LogP contribution is 2.43. The molecule has 1 aliphatic rings. The van der Waals surface area contributed by atoms with Gasteiger partial charge in [0.1, 0.15) is 12.3 Å². The Bertz CT molecular complexity index is 1600. The van der Waals surface area contributed by atoms with Gasteiger partial charge in [0, 0.05) is 47.4 Å². The first kappa shape index (κ1) is 23.1. The van der Waals surface area contributed by atoms with Gasteiger partial charge in [0.2, 0.25) is 11.8 Å². The summed E-state index contributed by atoms with van der Waals surface area (Å²) < 4.78 is 44.4. The summed E-state index contributed by atoms with van der Waals surface area (Å²) >= 11 is 6.69. The molecule has 4 aromatic rings. The van der Waals surface area contributed by atoms with Crippen molar-refractivity contribution in [3.05, 3.63) is 53.1 Å². The molecule has 0 aliphatic carbocycles. The number of hydrogen-bond donors (Lipinski definition) is 3. The summed E-state index contributed by atoms with van der Waals surface area (Å²) in [5, 5.41) is 6.55. The average molecular weight is 515 g/mol. The maximum absolute atomic E-state index is 15.5. The zero-order valence-electron chi connectivity index (χ0n) is 18.7. The molecule has 35 heavy (non-hydrogen) atoms. The number of ether oxygens (including phenoxy) is 1. The van der Waals surface area contributed by atoms with E-state index in [1.807, 2.05) is 6.92 Å². The highest BCUT2D eigenvalue weighted by Gasteiger charge is 2.25. The second-order valence-corrected chi connectivity index (χ2v) is 10.4. The second-order valence-electron chi connectivity index (χ2n) is 8.05. The molecular formula is C23H20ClFN6O3S. The van der Waals surface area contributed by atoms with Crippen molar-refractivity contribution >= 4 is 55.4 Å². The maximum Gasteiger partial charge on any atom is 0.237 e. The van der Waals surface area contributed by atoms with Crippen molar-refractivity contribution in [3.8, 4) is 17.0 Å². The molecule has 1 aliphatic heterocycles.